The number of thiophene rings is 1. The molecule has 0 atom stereocenters. The number of fused-ring (bicyclic) bond motifs is 1. The molecule has 0 aliphatic carbocycles. The van der Waals surface area contributed by atoms with Crippen molar-refractivity contribution in [1.82, 2.24) is 9.97 Å². The molecule has 0 unspecified atom stereocenters. The lowest BCUT2D eigenvalue weighted by atomic mass is 10.1. The highest BCUT2D eigenvalue weighted by Gasteiger charge is 2.07. The Hall–Kier alpha value is -3.32. The summed E-state index contributed by atoms with van der Waals surface area (Å²) in [5.41, 5.74) is 2.18. The summed E-state index contributed by atoms with van der Waals surface area (Å²) in [6.07, 6.45) is 1.74. The topological polar surface area (TPSA) is 66.9 Å². The number of halogens is 1. The lowest BCUT2D eigenvalue weighted by molar-refractivity contribution is -0.115. The molecule has 27 heavy (non-hydrogen) atoms. The van der Waals surface area contributed by atoms with Crippen molar-refractivity contribution in [3.8, 4) is 0 Å². The normalized spacial score (nSPS) is 10.7. The molecular weight excluding hydrogens is 363 g/mol. The van der Waals surface area contributed by atoms with Crippen LogP contribution in [0.4, 0.5) is 21.6 Å². The fourth-order valence-electron chi connectivity index (χ4n) is 2.69. The average molecular weight is 378 g/mol. The highest BCUT2D eigenvalue weighted by Crippen LogP contribution is 2.26. The van der Waals surface area contributed by atoms with Crippen LogP contribution in [0.25, 0.3) is 10.2 Å². The van der Waals surface area contributed by atoms with Gasteiger partial charge in [0, 0.05) is 11.4 Å². The van der Waals surface area contributed by atoms with Gasteiger partial charge >= 0.3 is 0 Å². The van der Waals surface area contributed by atoms with Crippen LogP contribution in [0.2, 0.25) is 0 Å². The maximum absolute atomic E-state index is 13.2. The predicted octanol–water partition coefficient (Wildman–Crippen LogP) is 4.76. The van der Waals surface area contributed by atoms with Crippen LogP contribution in [0.3, 0.4) is 0 Å². The molecule has 134 valence electrons. The highest BCUT2D eigenvalue weighted by atomic mass is 32.1. The van der Waals surface area contributed by atoms with Gasteiger partial charge in [-0.15, -0.1) is 11.3 Å². The smallest absolute Gasteiger partial charge is 0.228 e. The van der Waals surface area contributed by atoms with Crippen molar-refractivity contribution in [1.29, 1.82) is 0 Å². The van der Waals surface area contributed by atoms with Crippen molar-refractivity contribution in [2.24, 2.45) is 0 Å². The Morgan fingerprint density at radius 1 is 1.04 bits per heavy atom. The van der Waals surface area contributed by atoms with Crippen molar-refractivity contribution in [2.45, 2.75) is 6.42 Å². The number of aromatic nitrogens is 2. The van der Waals surface area contributed by atoms with E-state index >= 15 is 0 Å². The Labute approximate surface area is 158 Å². The summed E-state index contributed by atoms with van der Waals surface area (Å²) in [6, 6.07) is 15.4. The number of nitrogens with zero attached hydrogens (tertiary/aromatic N) is 2. The zero-order valence-electron chi connectivity index (χ0n) is 14.1. The SMILES string of the molecule is O=C(Cc1ccc(Nc2ncnc3sccc23)cc1)Nc1cccc(F)c1. The van der Waals surface area contributed by atoms with E-state index in [1.807, 2.05) is 35.7 Å². The van der Waals surface area contributed by atoms with E-state index in [2.05, 4.69) is 20.6 Å². The van der Waals surface area contributed by atoms with E-state index < -0.39 is 0 Å². The average Bonchev–Trinajstić information content (AvgIpc) is 3.13. The van der Waals surface area contributed by atoms with Crippen LogP contribution >= 0.6 is 11.3 Å². The molecule has 0 saturated heterocycles. The number of amides is 1. The lowest BCUT2D eigenvalue weighted by Gasteiger charge is -2.08. The minimum Gasteiger partial charge on any atom is -0.340 e. The van der Waals surface area contributed by atoms with Gasteiger partial charge in [0.2, 0.25) is 5.91 Å². The standard InChI is InChI=1S/C20H15FN4OS/c21-14-2-1-3-16(11-14)24-18(26)10-13-4-6-15(7-5-13)25-19-17-8-9-27-20(17)23-12-22-19/h1-9,11-12H,10H2,(H,24,26)(H,22,23,25). The molecule has 2 aromatic heterocycles. The Kier molecular flexibility index (Phi) is 4.76. The van der Waals surface area contributed by atoms with Crippen molar-refractivity contribution >= 4 is 44.7 Å². The Balaban J connectivity index is 1.41. The molecule has 0 bridgehead atoms. The maximum Gasteiger partial charge on any atom is 0.228 e. The van der Waals surface area contributed by atoms with Crippen molar-refractivity contribution in [2.75, 3.05) is 10.6 Å². The van der Waals surface area contributed by atoms with Crippen LogP contribution in [-0.2, 0) is 11.2 Å². The molecule has 0 saturated carbocycles. The first kappa shape index (κ1) is 17.1. The van der Waals surface area contributed by atoms with Gasteiger partial charge in [0.15, 0.2) is 0 Å². The summed E-state index contributed by atoms with van der Waals surface area (Å²) in [7, 11) is 0. The molecule has 7 heteroatoms. The molecule has 0 radical (unpaired) electrons. The number of rotatable bonds is 5. The summed E-state index contributed by atoms with van der Waals surface area (Å²) < 4.78 is 13.2. The Bertz CT molecular complexity index is 1090. The fraction of sp³-hybridized carbons (Fsp3) is 0.0500. The number of carbonyl (C=O) groups is 1. The zero-order valence-corrected chi connectivity index (χ0v) is 15.0. The molecule has 2 heterocycles. The summed E-state index contributed by atoms with van der Waals surface area (Å²) >= 11 is 1.56. The van der Waals surface area contributed by atoms with Crippen LogP contribution in [0, 0.1) is 5.82 Å². The minimum absolute atomic E-state index is 0.197. The lowest BCUT2D eigenvalue weighted by Crippen LogP contribution is -2.14. The van der Waals surface area contributed by atoms with Gasteiger partial charge in [0.25, 0.3) is 0 Å². The van der Waals surface area contributed by atoms with Gasteiger partial charge in [-0.3, -0.25) is 4.79 Å². The van der Waals surface area contributed by atoms with E-state index in [0.717, 1.165) is 27.3 Å². The first-order chi connectivity index (χ1) is 13.2. The third-order valence-electron chi connectivity index (χ3n) is 3.95. The largest absolute Gasteiger partial charge is 0.340 e. The van der Waals surface area contributed by atoms with E-state index in [9.17, 15) is 9.18 Å². The second kappa shape index (κ2) is 7.51. The van der Waals surface area contributed by atoms with Crippen LogP contribution in [-0.4, -0.2) is 15.9 Å². The van der Waals surface area contributed by atoms with Crippen molar-refractivity contribution < 1.29 is 9.18 Å². The van der Waals surface area contributed by atoms with Crippen LogP contribution in [0.15, 0.2) is 66.3 Å². The number of nitrogens with one attached hydrogen (secondary N) is 2. The van der Waals surface area contributed by atoms with Gasteiger partial charge < -0.3 is 10.6 Å². The molecule has 1 amide bonds. The van der Waals surface area contributed by atoms with Crippen LogP contribution < -0.4 is 10.6 Å². The van der Waals surface area contributed by atoms with Gasteiger partial charge in [-0.2, -0.15) is 0 Å². The third-order valence-corrected chi connectivity index (χ3v) is 4.77. The number of anilines is 3. The Morgan fingerprint density at radius 3 is 2.70 bits per heavy atom. The van der Waals surface area contributed by atoms with Crippen molar-refractivity contribution in [3.63, 3.8) is 0 Å². The monoisotopic (exact) mass is 378 g/mol. The summed E-state index contributed by atoms with van der Waals surface area (Å²) in [6.45, 7) is 0. The van der Waals surface area contributed by atoms with Crippen molar-refractivity contribution in [3.05, 3.63) is 77.7 Å². The van der Waals surface area contributed by atoms with Crippen LogP contribution in [0.5, 0.6) is 0 Å². The molecule has 0 aliphatic heterocycles. The molecule has 5 nitrogen and oxygen atoms in total. The summed E-state index contributed by atoms with van der Waals surface area (Å²) in [4.78, 5) is 21.6. The number of hydrogen-bond donors (Lipinski definition) is 2. The molecule has 0 spiro atoms. The van der Waals surface area contributed by atoms with Gasteiger partial charge in [-0.05, 0) is 47.3 Å². The second-order valence-corrected chi connectivity index (χ2v) is 6.81. The first-order valence-corrected chi connectivity index (χ1v) is 9.15. The summed E-state index contributed by atoms with van der Waals surface area (Å²) in [5.74, 6) is 0.169. The molecular formula is C20H15FN4OS. The van der Waals surface area contributed by atoms with Gasteiger partial charge in [-0.25, -0.2) is 14.4 Å². The summed E-state index contributed by atoms with van der Waals surface area (Å²) in [5, 5.41) is 8.92. The van der Waals surface area contributed by atoms with Crippen LogP contribution in [0.1, 0.15) is 5.56 Å². The molecule has 0 aliphatic rings. The van der Waals surface area contributed by atoms with E-state index in [1.165, 1.54) is 18.5 Å². The van der Waals surface area contributed by atoms with E-state index in [0.29, 0.717) is 5.69 Å². The molecule has 0 fully saturated rings. The third kappa shape index (κ3) is 4.09. The van der Waals surface area contributed by atoms with E-state index in [-0.39, 0.29) is 18.1 Å². The van der Waals surface area contributed by atoms with Gasteiger partial charge in [-0.1, -0.05) is 18.2 Å². The first-order valence-electron chi connectivity index (χ1n) is 8.27. The molecule has 2 aromatic carbocycles. The predicted molar refractivity (Wildman–Crippen MR) is 106 cm³/mol. The number of hydrogen-bond acceptors (Lipinski definition) is 5. The molecule has 4 rings (SSSR count). The number of benzene rings is 2. The van der Waals surface area contributed by atoms with E-state index in [4.69, 9.17) is 0 Å². The maximum atomic E-state index is 13.2. The number of carbonyl (C=O) groups excluding carboxylic acids is 1. The Morgan fingerprint density at radius 2 is 1.89 bits per heavy atom. The fourth-order valence-corrected chi connectivity index (χ4v) is 3.42. The minimum atomic E-state index is -0.382. The second-order valence-electron chi connectivity index (χ2n) is 5.92. The molecule has 2 N–H and O–H groups in total. The molecule has 4 aromatic rings. The zero-order chi connectivity index (χ0) is 18.6. The van der Waals surface area contributed by atoms with Gasteiger partial charge in [0.05, 0.1) is 11.8 Å². The quantitative estimate of drug-likeness (QED) is 0.526. The highest BCUT2D eigenvalue weighted by molar-refractivity contribution is 7.16. The van der Waals surface area contributed by atoms with E-state index in [1.54, 1.807) is 23.5 Å². The van der Waals surface area contributed by atoms with Gasteiger partial charge in [0.1, 0.15) is 22.8 Å².